The van der Waals surface area contributed by atoms with Gasteiger partial charge in [0.15, 0.2) is 5.78 Å². The van der Waals surface area contributed by atoms with E-state index >= 15 is 0 Å². The smallest absolute Gasteiger partial charge is 0.230 e. The molecule has 1 atom stereocenters. The fourth-order valence-corrected chi connectivity index (χ4v) is 3.23. The highest BCUT2D eigenvalue weighted by Crippen LogP contribution is 2.25. The number of rotatable bonds is 7. The second-order valence-electron chi connectivity index (χ2n) is 6.33. The first-order valence-corrected chi connectivity index (χ1v) is 9.24. The van der Waals surface area contributed by atoms with Gasteiger partial charge in [-0.2, -0.15) is 0 Å². The summed E-state index contributed by atoms with van der Waals surface area (Å²) in [4.78, 5) is 23.8. The van der Waals surface area contributed by atoms with Gasteiger partial charge in [-0.25, -0.2) is 8.78 Å². The van der Waals surface area contributed by atoms with Gasteiger partial charge in [0.2, 0.25) is 5.91 Å². The maximum atomic E-state index is 14.0. The van der Waals surface area contributed by atoms with Gasteiger partial charge in [-0.15, -0.1) is 11.8 Å². The highest BCUT2D eigenvalue weighted by Gasteiger charge is 2.19. The lowest BCUT2D eigenvalue weighted by atomic mass is 9.96. The molecule has 2 rings (SSSR count). The van der Waals surface area contributed by atoms with Crippen LogP contribution in [0.15, 0.2) is 47.4 Å². The SMILES string of the molecule is CC(=O)c1ccc(SCC(=O)NC(c2ccc(F)cc2)C(C)C)c(F)c1. The Morgan fingerprint density at radius 1 is 1.08 bits per heavy atom. The number of benzene rings is 2. The number of halogens is 2. The molecule has 26 heavy (non-hydrogen) atoms. The molecule has 0 saturated carbocycles. The summed E-state index contributed by atoms with van der Waals surface area (Å²) in [6.07, 6.45) is 0. The number of carbonyl (C=O) groups is 2. The second-order valence-corrected chi connectivity index (χ2v) is 7.35. The molecule has 0 aliphatic heterocycles. The molecule has 2 aromatic carbocycles. The van der Waals surface area contributed by atoms with E-state index in [4.69, 9.17) is 0 Å². The molecule has 0 aromatic heterocycles. The summed E-state index contributed by atoms with van der Waals surface area (Å²) in [6, 6.07) is 9.98. The molecule has 0 radical (unpaired) electrons. The molecule has 3 nitrogen and oxygen atoms in total. The molecule has 0 aliphatic carbocycles. The van der Waals surface area contributed by atoms with Crippen molar-refractivity contribution < 1.29 is 18.4 Å². The third-order valence-electron chi connectivity index (χ3n) is 3.91. The van der Waals surface area contributed by atoms with Crippen molar-refractivity contribution in [3.05, 3.63) is 65.2 Å². The number of carbonyl (C=O) groups excluding carboxylic acids is 2. The van der Waals surface area contributed by atoms with Crippen LogP contribution in [0.1, 0.15) is 42.7 Å². The van der Waals surface area contributed by atoms with Crippen LogP contribution in [0.25, 0.3) is 0 Å². The van der Waals surface area contributed by atoms with Gasteiger partial charge >= 0.3 is 0 Å². The van der Waals surface area contributed by atoms with E-state index in [1.165, 1.54) is 31.2 Å². The topological polar surface area (TPSA) is 46.2 Å². The highest BCUT2D eigenvalue weighted by molar-refractivity contribution is 8.00. The molecule has 138 valence electrons. The van der Waals surface area contributed by atoms with E-state index in [-0.39, 0.29) is 35.2 Å². The molecule has 0 heterocycles. The summed E-state index contributed by atoms with van der Waals surface area (Å²) in [6.45, 7) is 5.29. The minimum absolute atomic E-state index is 0.0424. The standard InChI is InChI=1S/C20H21F2NO2S/c1-12(2)20(14-4-7-16(21)8-5-14)23-19(25)11-26-18-9-6-15(13(3)24)10-17(18)22/h4-10,12,20H,11H2,1-3H3,(H,23,25). The molecule has 0 bridgehead atoms. The summed E-state index contributed by atoms with van der Waals surface area (Å²) < 4.78 is 27.1. The normalized spacial score (nSPS) is 12.1. The maximum absolute atomic E-state index is 14.0. The van der Waals surface area contributed by atoms with Gasteiger partial charge in [0.25, 0.3) is 0 Å². The summed E-state index contributed by atoms with van der Waals surface area (Å²) in [5.74, 6) is -1.15. The van der Waals surface area contributed by atoms with Gasteiger partial charge < -0.3 is 5.32 Å². The van der Waals surface area contributed by atoms with Gasteiger partial charge in [-0.1, -0.05) is 32.0 Å². The van der Waals surface area contributed by atoms with Crippen molar-refractivity contribution >= 4 is 23.5 Å². The minimum atomic E-state index is -0.519. The molecule has 1 unspecified atom stereocenters. The molecule has 0 fully saturated rings. The third kappa shape index (κ3) is 5.39. The van der Waals surface area contributed by atoms with E-state index in [0.29, 0.717) is 10.5 Å². The second kappa shape index (κ2) is 8.94. The van der Waals surface area contributed by atoms with Crippen LogP contribution >= 0.6 is 11.8 Å². The largest absolute Gasteiger partial charge is 0.348 e. The monoisotopic (exact) mass is 377 g/mol. The Kier molecular flexibility index (Phi) is 6.91. The fourth-order valence-electron chi connectivity index (χ4n) is 2.50. The quantitative estimate of drug-likeness (QED) is 0.558. The summed E-state index contributed by atoms with van der Waals surface area (Å²) in [5, 5.41) is 2.91. The van der Waals surface area contributed by atoms with Gasteiger partial charge in [-0.3, -0.25) is 9.59 Å². The van der Waals surface area contributed by atoms with E-state index in [9.17, 15) is 18.4 Å². The lowest BCUT2D eigenvalue weighted by molar-refractivity contribution is -0.119. The Hall–Kier alpha value is -2.21. The zero-order chi connectivity index (χ0) is 19.3. The van der Waals surface area contributed by atoms with Gasteiger partial charge in [0.1, 0.15) is 11.6 Å². The predicted molar refractivity (Wildman–Crippen MR) is 99.3 cm³/mol. The molecule has 0 saturated heterocycles. The lowest BCUT2D eigenvalue weighted by Gasteiger charge is -2.23. The van der Waals surface area contributed by atoms with Gasteiger partial charge in [0, 0.05) is 10.5 Å². The van der Waals surface area contributed by atoms with Crippen molar-refractivity contribution in [2.75, 3.05) is 5.75 Å². The molecule has 1 N–H and O–H groups in total. The van der Waals surface area contributed by atoms with E-state index in [0.717, 1.165) is 17.3 Å². The number of ketones is 1. The Morgan fingerprint density at radius 2 is 1.73 bits per heavy atom. The Morgan fingerprint density at radius 3 is 2.27 bits per heavy atom. The third-order valence-corrected chi connectivity index (χ3v) is 4.96. The Balaban J connectivity index is 2.00. The Bertz CT molecular complexity index is 791. The minimum Gasteiger partial charge on any atom is -0.348 e. The van der Waals surface area contributed by atoms with E-state index in [1.807, 2.05) is 13.8 Å². The van der Waals surface area contributed by atoms with Crippen LogP contribution in [0.2, 0.25) is 0 Å². The van der Waals surface area contributed by atoms with E-state index in [2.05, 4.69) is 5.32 Å². The van der Waals surface area contributed by atoms with Crippen LogP contribution in [0.3, 0.4) is 0 Å². The van der Waals surface area contributed by atoms with E-state index < -0.39 is 5.82 Å². The van der Waals surface area contributed by atoms with Crippen molar-refractivity contribution in [1.29, 1.82) is 0 Å². The zero-order valence-electron chi connectivity index (χ0n) is 14.9. The average molecular weight is 377 g/mol. The molecule has 0 aliphatic rings. The molecule has 1 amide bonds. The molecular weight excluding hydrogens is 356 g/mol. The first-order valence-electron chi connectivity index (χ1n) is 8.26. The number of hydrogen-bond donors (Lipinski definition) is 1. The van der Waals surface area contributed by atoms with Crippen LogP contribution in [0, 0.1) is 17.6 Å². The number of hydrogen-bond acceptors (Lipinski definition) is 3. The number of amides is 1. The summed E-state index contributed by atoms with van der Waals surface area (Å²) in [5.41, 5.74) is 1.12. The highest BCUT2D eigenvalue weighted by atomic mass is 32.2. The maximum Gasteiger partial charge on any atom is 0.230 e. The van der Waals surface area contributed by atoms with Crippen LogP contribution in [0.4, 0.5) is 8.78 Å². The molecular formula is C20H21F2NO2S. The van der Waals surface area contributed by atoms with Crippen LogP contribution in [0.5, 0.6) is 0 Å². The number of thioether (sulfide) groups is 1. The Labute approximate surface area is 156 Å². The van der Waals surface area contributed by atoms with Crippen LogP contribution in [-0.4, -0.2) is 17.4 Å². The number of Topliss-reactive ketones (excluding diaryl/α,β-unsaturated/α-hetero) is 1. The predicted octanol–water partition coefficient (Wildman–Crippen LogP) is 4.77. The van der Waals surface area contributed by atoms with Crippen molar-refractivity contribution in [3.63, 3.8) is 0 Å². The first kappa shape index (κ1) is 20.1. The number of nitrogens with one attached hydrogen (secondary N) is 1. The van der Waals surface area contributed by atoms with Crippen molar-refractivity contribution in [2.45, 2.75) is 31.7 Å². The van der Waals surface area contributed by atoms with Gasteiger partial charge in [0.05, 0.1) is 11.8 Å². The first-order chi connectivity index (χ1) is 12.3. The van der Waals surface area contributed by atoms with Crippen molar-refractivity contribution in [3.8, 4) is 0 Å². The van der Waals surface area contributed by atoms with Crippen LogP contribution in [-0.2, 0) is 4.79 Å². The molecule has 6 heteroatoms. The van der Waals surface area contributed by atoms with Gasteiger partial charge in [-0.05, 0) is 42.7 Å². The van der Waals surface area contributed by atoms with Crippen molar-refractivity contribution in [2.24, 2.45) is 5.92 Å². The molecule has 2 aromatic rings. The van der Waals surface area contributed by atoms with E-state index in [1.54, 1.807) is 18.2 Å². The fraction of sp³-hybridized carbons (Fsp3) is 0.300. The zero-order valence-corrected chi connectivity index (χ0v) is 15.7. The summed E-state index contributed by atoms with van der Waals surface area (Å²) in [7, 11) is 0. The molecule has 0 spiro atoms. The lowest BCUT2D eigenvalue weighted by Crippen LogP contribution is -2.33. The average Bonchev–Trinajstić information content (AvgIpc) is 2.59. The van der Waals surface area contributed by atoms with Crippen LogP contribution < -0.4 is 5.32 Å². The van der Waals surface area contributed by atoms with Crippen molar-refractivity contribution in [1.82, 2.24) is 5.32 Å². The summed E-state index contributed by atoms with van der Waals surface area (Å²) >= 11 is 1.07.